The second-order valence-electron chi connectivity index (χ2n) is 3.93. The lowest BCUT2D eigenvalue weighted by Gasteiger charge is -2.12. The third-order valence-corrected chi connectivity index (χ3v) is 3.01. The van der Waals surface area contributed by atoms with Crippen molar-refractivity contribution < 1.29 is 0 Å². The third kappa shape index (κ3) is 2.11. The van der Waals surface area contributed by atoms with Gasteiger partial charge in [-0.1, -0.05) is 12.1 Å². The summed E-state index contributed by atoms with van der Waals surface area (Å²) in [5.74, 6) is 0.915. The lowest BCUT2D eigenvalue weighted by atomic mass is 10.1. The van der Waals surface area contributed by atoms with Gasteiger partial charge in [0.05, 0.1) is 0 Å². The first kappa shape index (κ1) is 11.2. The predicted octanol–water partition coefficient (Wildman–Crippen LogP) is 3.21. The van der Waals surface area contributed by atoms with E-state index in [1.807, 2.05) is 21.0 Å². The first-order valence-corrected chi connectivity index (χ1v) is 5.87. The lowest BCUT2D eigenvalue weighted by molar-refractivity contribution is 1.13. The summed E-state index contributed by atoms with van der Waals surface area (Å²) in [4.78, 5) is 9.66. The third-order valence-electron chi connectivity index (χ3n) is 2.44. The van der Waals surface area contributed by atoms with Gasteiger partial charge in [0.1, 0.15) is 16.1 Å². The molecule has 0 aliphatic rings. The predicted molar refractivity (Wildman–Crippen MR) is 70.8 cm³/mol. The molecule has 0 saturated carbocycles. The topological polar surface area (TPSA) is 31.9 Å². The lowest BCUT2D eigenvalue weighted by Crippen LogP contribution is -2.07. The molecule has 4 heteroatoms. The van der Waals surface area contributed by atoms with E-state index in [0.717, 1.165) is 21.7 Å². The van der Waals surface area contributed by atoms with E-state index in [-0.39, 0.29) is 0 Å². The van der Waals surface area contributed by atoms with Crippen LogP contribution >= 0.6 is 15.9 Å². The molecule has 1 aromatic carbocycles. The molecule has 2 rings (SSSR count). The Morgan fingerprint density at radius 3 is 2.25 bits per heavy atom. The summed E-state index contributed by atoms with van der Waals surface area (Å²) in [6.07, 6.45) is 0. The molecule has 1 heterocycles. The van der Waals surface area contributed by atoms with Crippen LogP contribution in [0.25, 0.3) is 11.3 Å². The van der Waals surface area contributed by atoms with E-state index in [1.54, 1.807) is 0 Å². The highest BCUT2D eigenvalue weighted by Gasteiger charge is 2.07. The summed E-state index contributed by atoms with van der Waals surface area (Å²) in [5.41, 5.74) is 3.26. The molecule has 0 saturated heterocycles. The number of nitrogens with one attached hydrogen (secondary N) is 1. The Morgan fingerprint density at radius 2 is 1.81 bits per heavy atom. The second-order valence-corrected chi connectivity index (χ2v) is 4.72. The van der Waals surface area contributed by atoms with Crippen LogP contribution in [0.4, 0.5) is 5.69 Å². The number of hydrogen-bond donors (Lipinski definition) is 1. The smallest absolute Gasteiger partial charge is 0.110 e. The fourth-order valence-electron chi connectivity index (χ4n) is 1.57. The molecule has 3 nitrogen and oxygen atoms in total. The number of imidazole rings is 1. The van der Waals surface area contributed by atoms with Crippen LogP contribution in [0.2, 0.25) is 0 Å². The first-order valence-electron chi connectivity index (χ1n) is 5.08. The molecule has 84 valence electrons. The quantitative estimate of drug-likeness (QED) is 0.916. The maximum Gasteiger partial charge on any atom is 0.110 e. The van der Waals surface area contributed by atoms with Gasteiger partial charge in [0.25, 0.3) is 0 Å². The summed E-state index contributed by atoms with van der Waals surface area (Å²) < 4.78 is 0.933. The maximum absolute atomic E-state index is 4.44. The molecule has 0 amide bonds. The van der Waals surface area contributed by atoms with Crippen LogP contribution < -0.4 is 4.90 Å². The van der Waals surface area contributed by atoms with Gasteiger partial charge in [-0.25, -0.2) is 4.98 Å². The van der Waals surface area contributed by atoms with Crippen LogP contribution in [0.1, 0.15) is 5.82 Å². The van der Waals surface area contributed by atoms with Crippen molar-refractivity contribution in [1.29, 1.82) is 0 Å². The highest BCUT2D eigenvalue weighted by atomic mass is 79.9. The number of rotatable bonds is 2. The Bertz CT molecular complexity index is 485. The van der Waals surface area contributed by atoms with Crippen molar-refractivity contribution in [2.24, 2.45) is 0 Å². The van der Waals surface area contributed by atoms with Gasteiger partial charge in [-0.15, -0.1) is 0 Å². The van der Waals surface area contributed by atoms with Gasteiger partial charge in [-0.3, -0.25) is 0 Å². The molecule has 0 bridgehead atoms. The molecular weight excluding hydrogens is 266 g/mol. The standard InChI is InChI=1S/C12H14BrN3/c1-8-14-11(12(13)15-8)9-4-6-10(7-5-9)16(2)3/h4-7H,1-3H3,(H,14,15). The zero-order valence-electron chi connectivity index (χ0n) is 9.58. The van der Waals surface area contributed by atoms with E-state index in [1.165, 1.54) is 5.69 Å². The molecule has 0 aliphatic carbocycles. The van der Waals surface area contributed by atoms with Gasteiger partial charge in [-0.2, -0.15) is 0 Å². The fraction of sp³-hybridized carbons (Fsp3) is 0.250. The molecule has 2 aromatic rings. The molecule has 0 spiro atoms. The van der Waals surface area contributed by atoms with Crippen LogP contribution in [-0.4, -0.2) is 24.1 Å². The largest absolute Gasteiger partial charge is 0.378 e. The Labute approximate surface area is 104 Å². The van der Waals surface area contributed by atoms with Crippen molar-refractivity contribution in [3.05, 3.63) is 34.7 Å². The summed E-state index contributed by atoms with van der Waals surface area (Å²) in [5, 5.41) is 0. The van der Waals surface area contributed by atoms with Crippen LogP contribution in [-0.2, 0) is 0 Å². The molecule has 0 fully saturated rings. The molecule has 1 aromatic heterocycles. The number of aromatic amines is 1. The minimum atomic E-state index is 0.915. The van der Waals surface area contributed by atoms with E-state index in [9.17, 15) is 0 Å². The van der Waals surface area contributed by atoms with E-state index in [2.05, 4.69) is 55.1 Å². The molecule has 0 aliphatic heterocycles. The summed E-state index contributed by atoms with van der Waals surface area (Å²) in [6, 6.07) is 8.34. The van der Waals surface area contributed by atoms with Gasteiger partial charge in [0, 0.05) is 25.3 Å². The molecule has 0 atom stereocenters. The zero-order chi connectivity index (χ0) is 11.7. The average Bonchev–Trinajstić information content (AvgIpc) is 2.58. The number of hydrogen-bond acceptors (Lipinski definition) is 2. The van der Waals surface area contributed by atoms with Crippen molar-refractivity contribution in [2.75, 3.05) is 19.0 Å². The maximum atomic E-state index is 4.44. The summed E-state index contributed by atoms with van der Waals surface area (Å²) >= 11 is 3.47. The zero-order valence-corrected chi connectivity index (χ0v) is 11.2. The first-order chi connectivity index (χ1) is 7.58. The van der Waals surface area contributed by atoms with E-state index < -0.39 is 0 Å². The molecule has 16 heavy (non-hydrogen) atoms. The van der Waals surface area contributed by atoms with Crippen LogP contribution in [0.3, 0.4) is 0 Å². The summed E-state index contributed by atoms with van der Waals surface area (Å²) in [7, 11) is 4.06. The van der Waals surface area contributed by atoms with E-state index in [0.29, 0.717) is 0 Å². The number of aromatic nitrogens is 2. The van der Waals surface area contributed by atoms with Crippen molar-refractivity contribution in [1.82, 2.24) is 9.97 Å². The minimum Gasteiger partial charge on any atom is -0.378 e. The van der Waals surface area contributed by atoms with Crippen molar-refractivity contribution in [3.63, 3.8) is 0 Å². The number of halogens is 1. The number of H-pyrrole nitrogens is 1. The Kier molecular flexibility index (Phi) is 3.01. The molecule has 1 N–H and O–H groups in total. The van der Waals surface area contributed by atoms with Crippen molar-refractivity contribution in [2.45, 2.75) is 6.92 Å². The van der Waals surface area contributed by atoms with Crippen LogP contribution in [0.5, 0.6) is 0 Å². The molecule has 0 radical (unpaired) electrons. The molecular formula is C12H14BrN3. The second kappa shape index (κ2) is 4.29. The van der Waals surface area contributed by atoms with E-state index in [4.69, 9.17) is 0 Å². The monoisotopic (exact) mass is 279 g/mol. The number of aryl methyl sites for hydroxylation is 1. The number of benzene rings is 1. The van der Waals surface area contributed by atoms with Gasteiger partial charge < -0.3 is 9.88 Å². The van der Waals surface area contributed by atoms with Crippen molar-refractivity contribution >= 4 is 21.6 Å². The van der Waals surface area contributed by atoms with Crippen molar-refractivity contribution in [3.8, 4) is 11.3 Å². The number of anilines is 1. The Morgan fingerprint density at radius 1 is 1.19 bits per heavy atom. The highest BCUT2D eigenvalue weighted by molar-refractivity contribution is 9.10. The van der Waals surface area contributed by atoms with Gasteiger partial charge in [0.15, 0.2) is 0 Å². The minimum absolute atomic E-state index is 0.915. The molecule has 0 unspecified atom stereocenters. The fourth-order valence-corrected chi connectivity index (χ4v) is 2.18. The summed E-state index contributed by atoms with van der Waals surface area (Å²) in [6.45, 7) is 1.95. The average molecular weight is 280 g/mol. The Balaban J connectivity index is 2.38. The van der Waals surface area contributed by atoms with Crippen LogP contribution in [0.15, 0.2) is 28.9 Å². The Hall–Kier alpha value is -1.29. The van der Waals surface area contributed by atoms with Gasteiger partial charge >= 0.3 is 0 Å². The van der Waals surface area contributed by atoms with E-state index >= 15 is 0 Å². The van der Waals surface area contributed by atoms with Crippen LogP contribution in [0, 0.1) is 6.92 Å². The highest BCUT2D eigenvalue weighted by Crippen LogP contribution is 2.27. The SMILES string of the molecule is Cc1nc(-c2ccc(N(C)C)cc2)c(Br)[nH]1. The van der Waals surface area contributed by atoms with Gasteiger partial charge in [0.2, 0.25) is 0 Å². The number of nitrogens with zero attached hydrogens (tertiary/aromatic N) is 2. The normalized spacial score (nSPS) is 10.5. The van der Waals surface area contributed by atoms with Gasteiger partial charge in [-0.05, 0) is 35.0 Å².